The predicted octanol–water partition coefficient (Wildman–Crippen LogP) is 2.81. The number of hydrogen-bond donors (Lipinski definition) is 0. The van der Waals surface area contributed by atoms with E-state index in [2.05, 4.69) is 20.9 Å². The third-order valence-corrected chi connectivity index (χ3v) is 3.78. The molecule has 1 heterocycles. The van der Waals surface area contributed by atoms with E-state index >= 15 is 0 Å². The van der Waals surface area contributed by atoms with E-state index < -0.39 is 0 Å². The Kier molecular flexibility index (Phi) is 4.65. The van der Waals surface area contributed by atoms with Gasteiger partial charge in [-0.1, -0.05) is 0 Å². The topological polar surface area (TPSA) is 38.1 Å². The van der Waals surface area contributed by atoms with Crippen LogP contribution in [0.1, 0.15) is 5.82 Å². The third-order valence-electron chi connectivity index (χ3n) is 2.98. The Morgan fingerprint density at radius 1 is 1.50 bits per heavy atom. The van der Waals surface area contributed by atoms with Crippen molar-refractivity contribution in [1.29, 1.82) is 0 Å². The molecular weight excluding hydrogens is 349 g/mol. The lowest BCUT2D eigenvalue weighted by Gasteiger charge is -2.13. The molecule has 2 aromatic rings. The first-order valence-corrected chi connectivity index (χ1v) is 7.37. The third kappa shape index (κ3) is 2.96. The summed E-state index contributed by atoms with van der Waals surface area (Å²) in [6.07, 6.45) is 0.524. The molecule has 0 atom stereocenters. The summed E-state index contributed by atoms with van der Waals surface area (Å²) in [6, 6.07) is 2.99. The number of aryl methyl sites for hydroxylation is 1. The van der Waals surface area contributed by atoms with Crippen LogP contribution in [-0.4, -0.2) is 40.3 Å². The minimum atomic E-state index is -0.376. The van der Waals surface area contributed by atoms with Gasteiger partial charge in [0.2, 0.25) is 5.91 Å². The van der Waals surface area contributed by atoms with Gasteiger partial charge in [-0.05, 0) is 22.0 Å². The molecule has 0 aliphatic heterocycles. The number of carbonyl (C=O) groups is 1. The molecule has 0 aliphatic rings. The molecule has 20 heavy (non-hydrogen) atoms. The zero-order valence-corrected chi connectivity index (χ0v) is 13.5. The molecule has 0 saturated carbocycles. The quantitative estimate of drug-likeness (QED) is 0.785. The molecule has 0 unspecified atom stereocenters. The molecule has 0 saturated heterocycles. The molecule has 0 spiro atoms. The summed E-state index contributed by atoms with van der Waals surface area (Å²) in [6.45, 7) is 0.161. The van der Waals surface area contributed by atoms with Crippen LogP contribution in [0.25, 0.3) is 11.0 Å². The van der Waals surface area contributed by atoms with Crippen LogP contribution >= 0.6 is 27.5 Å². The maximum absolute atomic E-state index is 13.6. The van der Waals surface area contributed by atoms with Gasteiger partial charge in [-0.3, -0.25) is 4.79 Å². The molecule has 0 fully saturated rings. The van der Waals surface area contributed by atoms with Gasteiger partial charge in [-0.15, -0.1) is 11.6 Å². The lowest BCUT2D eigenvalue weighted by molar-refractivity contribution is -0.129. The Morgan fingerprint density at radius 3 is 2.80 bits per heavy atom. The van der Waals surface area contributed by atoms with E-state index in [1.165, 1.54) is 11.0 Å². The molecule has 1 aromatic carbocycles. The monoisotopic (exact) mass is 361 g/mol. The summed E-state index contributed by atoms with van der Waals surface area (Å²) in [4.78, 5) is 17.8. The Hall–Kier alpha value is -1.14. The summed E-state index contributed by atoms with van der Waals surface area (Å²) < 4.78 is 15.7. The molecule has 0 N–H and O–H groups in total. The van der Waals surface area contributed by atoms with E-state index in [-0.39, 0.29) is 18.3 Å². The standard InChI is InChI=1S/C13H14BrClFN3O/c1-18(2)13(20)7-19-11-5-8(14)9(16)6-10(11)17-12(19)3-4-15/h5-6H,3-4,7H2,1-2H3. The van der Waals surface area contributed by atoms with Crippen molar-refractivity contribution in [2.45, 2.75) is 13.0 Å². The maximum Gasteiger partial charge on any atom is 0.242 e. The van der Waals surface area contributed by atoms with Crippen LogP contribution < -0.4 is 0 Å². The van der Waals surface area contributed by atoms with E-state index in [0.29, 0.717) is 33.6 Å². The molecule has 1 amide bonds. The van der Waals surface area contributed by atoms with Gasteiger partial charge in [-0.2, -0.15) is 0 Å². The first-order chi connectivity index (χ1) is 9.43. The summed E-state index contributed by atoms with van der Waals surface area (Å²) in [5.41, 5.74) is 1.24. The van der Waals surface area contributed by atoms with Crippen LogP contribution in [0.4, 0.5) is 4.39 Å². The number of imidazole rings is 1. The van der Waals surface area contributed by atoms with E-state index in [1.807, 2.05) is 0 Å². The average Bonchev–Trinajstić information content (AvgIpc) is 2.68. The molecule has 4 nitrogen and oxygen atoms in total. The second kappa shape index (κ2) is 6.10. The van der Waals surface area contributed by atoms with Gasteiger partial charge < -0.3 is 9.47 Å². The summed E-state index contributed by atoms with van der Waals surface area (Å²) in [5, 5.41) is 0. The minimum absolute atomic E-state index is 0.0550. The number of rotatable bonds is 4. The van der Waals surface area contributed by atoms with Crippen LogP contribution in [0.3, 0.4) is 0 Å². The van der Waals surface area contributed by atoms with Crippen molar-refractivity contribution >= 4 is 44.5 Å². The molecule has 0 bridgehead atoms. The number of benzene rings is 1. The van der Waals surface area contributed by atoms with Crippen LogP contribution in [-0.2, 0) is 17.8 Å². The number of hydrogen-bond acceptors (Lipinski definition) is 2. The number of nitrogens with zero attached hydrogens (tertiary/aromatic N) is 3. The molecular formula is C13H14BrClFN3O. The highest BCUT2D eigenvalue weighted by molar-refractivity contribution is 9.10. The van der Waals surface area contributed by atoms with Crippen LogP contribution in [0, 0.1) is 5.82 Å². The van der Waals surface area contributed by atoms with Gasteiger partial charge >= 0.3 is 0 Å². The smallest absolute Gasteiger partial charge is 0.242 e. The fourth-order valence-corrected chi connectivity index (χ4v) is 2.40. The normalized spacial score (nSPS) is 11.1. The van der Waals surface area contributed by atoms with Crippen LogP contribution in [0.5, 0.6) is 0 Å². The lowest BCUT2D eigenvalue weighted by Crippen LogP contribution is -2.27. The van der Waals surface area contributed by atoms with Gasteiger partial charge in [0.25, 0.3) is 0 Å². The SMILES string of the molecule is CN(C)C(=O)Cn1c(CCCl)nc2cc(F)c(Br)cc21. The highest BCUT2D eigenvalue weighted by Crippen LogP contribution is 2.24. The largest absolute Gasteiger partial charge is 0.347 e. The highest BCUT2D eigenvalue weighted by atomic mass is 79.9. The Labute approximate surface area is 129 Å². The second-order valence-electron chi connectivity index (χ2n) is 4.60. The summed E-state index contributed by atoms with van der Waals surface area (Å²) >= 11 is 8.92. The van der Waals surface area contributed by atoms with Gasteiger partial charge in [0.05, 0.1) is 15.5 Å². The molecule has 108 valence electrons. The number of amides is 1. The van der Waals surface area contributed by atoms with Crippen molar-refractivity contribution in [2.24, 2.45) is 0 Å². The van der Waals surface area contributed by atoms with Gasteiger partial charge in [0.15, 0.2) is 0 Å². The lowest BCUT2D eigenvalue weighted by atomic mass is 10.3. The summed E-state index contributed by atoms with van der Waals surface area (Å²) in [7, 11) is 3.39. The van der Waals surface area contributed by atoms with Crippen molar-refractivity contribution in [2.75, 3.05) is 20.0 Å². The zero-order valence-electron chi connectivity index (χ0n) is 11.2. The molecule has 0 aliphatic carbocycles. The average molecular weight is 363 g/mol. The van der Waals surface area contributed by atoms with Crippen molar-refractivity contribution < 1.29 is 9.18 Å². The fourth-order valence-electron chi connectivity index (χ4n) is 1.90. The first kappa shape index (κ1) is 15.3. The van der Waals surface area contributed by atoms with Crippen LogP contribution in [0.2, 0.25) is 0 Å². The molecule has 2 rings (SSSR count). The molecule has 1 aromatic heterocycles. The van der Waals surface area contributed by atoms with Crippen molar-refractivity contribution in [3.05, 3.63) is 28.2 Å². The first-order valence-electron chi connectivity index (χ1n) is 6.04. The number of carbonyl (C=O) groups excluding carboxylic acids is 1. The molecule has 0 radical (unpaired) electrons. The van der Waals surface area contributed by atoms with E-state index in [4.69, 9.17) is 11.6 Å². The minimum Gasteiger partial charge on any atom is -0.347 e. The van der Waals surface area contributed by atoms with E-state index in [1.54, 1.807) is 24.7 Å². The zero-order chi connectivity index (χ0) is 14.9. The second-order valence-corrected chi connectivity index (χ2v) is 5.83. The number of aromatic nitrogens is 2. The van der Waals surface area contributed by atoms with E-state index in [9.17, 15) is 9.18 Å². The highest BCUT2D eigenvalue weighted by Gasteiger charge is 2.16. The number of fused-ring (bicyclic) bond motifs is 1. The number of alkyl halides is 1. The van der Waals surface area contributed by atoms with E-state index in [0.717, 1.165) is 0 Å². The van der Waals surface area contributed by atoms with Crippen molar-refractivity contribution in [3.63, 3.8) is 0 Å². The summed E-state index contributed by atoms with van der Waals surface area (Å²) in [5.74, 6) is 0.644. The van der Waals surface area contributed by atoms with Gasteiger partial charge in [0, 0.05) is 32.5 Å². The predicted molar refractivity (Wildman–Crippen MR) is 80.5 cm³/mol. The Morgan fingerprint density at radius 2 is 2.20 bits per heavy atom. The number of likely N-dealkylation sites (N-methyl/N-ethyl adjacent to an activating group) is 1. The maximum atomic E-state index is 13.6. The van der Waals surface area contributed by atoms with Crippen LogP contribution in [0.15, 0.2) is 16.6 Å². The fraction of sp³-hybridized carbons (Fsp3) is 0.385. The van der Waals surface area contributed by atoms with Crippen molar-refractivity contribution in [3.8, 4) is 0 Å². The number of halogens is 3. The van der Waals surface area contributed by atoms with Crippen molar-refractivity contribution in [1.82, 2.24) is 14.5 Å². The Bertz CT molecular complexity index is 657. The molecule has 7 heteroatoms. The van der Waals surface area contributed by atoms with Gasteiger partial charge in [0.1, 0.15) is 18.2 Å². The van der Waals surface area contributed by atoms with Gasteiger partial charge in [-0.25, -0.2) is 9.37 Å². The Balaban J connectivity index is 2.55.